The van der Waals surface area contributed by atoms with Crippen LogP contribution in [0.2, 0.25) is 0 Å². The highest BCUT2D eigenvalue weighted by atomic mass is 16.3. The highest BCUT2D eigenvalue weighted by molar-refractivity contribution is 5.95. The fraction of sp³-hybridized carbons (Fsp3) is 0.550. The van der Waals surface area contributed by atoms with Crippen LogP contribution in [0.3, 0.4) is 0 Å². The van der Waals surface area contributed by atoms with Crippen molar-refractivity contribution in [3.63, 3.8) is 0 Å². The Balaban J connectivity index is 1.49. The molecular formula is C20H26N4O3. The number of hydrogen-bond acceptors (Lipinski definition) is 6. The number of nitrogens with one attached hydrogen (secondary N) is 1. The molecule has 0 unspecified atom stereocenters. The number of aryl methyl sites for hydroxylation is 2. The molecule has 1 saturated heterocycles. The Morgan fingerprint density at radius 2 is 2.19 bits per heavy atom. The zero-order valence-electron chi connectivity index (χ0n) is 15.6. The van der Waals surface area contributed by atoms with Gasteiger partial charge in [-0.3, -0.25) is 4.79 Å². The monoisotopic (exact) mass is 370 g/mol. The Labute approximate surface area is 158 Å². The van der Waals surface area contributed by atoms with Gasteiger partial charge in [0.05, 0.1) is 23.6 Å². The number of rotatable bonds is 4. The van der Waals surface area contributed by atoms with Crippen LogP contribution in [0.25, 0.3) is 0 Å². The van der Waals surface area contributed by atoms with Crippen molar-refractivity contribution < 1.29 is 14.3 Å². The van der Waals surface area contributed by atoms with Gasteiger partial charge in [-0.25, -0.2) is 9.97 Å². The molecule has 0 radical (unpaired) electrons. The van der Waals surface area contributed by atoms with Gasteiger partial charge >= 0.3 is 0 Å². The average Bonchev–Trinajstić information content (AvgIpc) is 3.14. The molecule has 7 heteroatoms. The molecule has 4 rings (SSSR count). The van der Waals surface area contributed by atoms with Gasteiger partial charge in [-0.15, -0.1) is 0 Å². The highest BCUT2D eigenvalue weighted by Crippen LogP contribution is 2.30. The molecule has 0 saturated carbocycles. The first-order valence-electron chi connectivity index (χ1n) is 9.72. The van der Waals surface area contributed by atoms with E-state index in [0.717, 1.165) is 62.4 Å². The number of aromatic nitrogens is 2. The van der Waals surface area contributed by atoms with Crippen molar-refractivity contribution in [2.75, 3.05) is 24.6 Å². The first-order chi connectivity index (χ1) is 13.2. The summed E-state index contributed by atoms with van der Waals surface area (Å²) >= 11 is 0. The van der Waals surface area contributed by atoms with Crippen LogP contribution in [0.5, 0.6) is 0 Å². The maximum absolute atomic E-state index is 12.5. The first-order valence-corrected chi connectivity index (χ1v) is 9.72. The molecule has 3 heterocycles. The molecule has 144 valence electrons. The Bertz CT molecular complexity index is 811. The van der Waals surface area contributed by atoms with E-state index in [0.29, 0.717) is 17.2 Å². The zero-order valence-corrected chi connectivity index (χ0v) is 15.6. The van der Waals surface area contributed by atoms with Crippen LogP contribution in [-0.2, 0) is 6.42 Å². The van der Waals surface area contributed by atoms with E-state index in [2.05, 4.69) is 15.2 Å². The van der Waals surface area contributed by atoms with Crippen molar-refractivity contribution in [3.05, 3.63) is 41.1 Å². The number of anilines is 1. The van der Waals surface area contributed by atoms with E-state index in [4.69, 9.17) is 9.40 Å². The third-order valence-electron chi connectivity index (χ3n) is 5.73. The lowest BCUT2D eigenvalue weighted by molar-refractivity contribution is 0.0931. The number of piperidine rings is 1. The molecule has 2 N–H and O–H groups in total. The quantitative estimate of drug-likeness (QED) is 0.859. The maximum atomic E-state index is 12.5. The smallest absolute Gasteiger partial charge is 0.255 e. The molecule has 1 amide bonds. The Morgan fingerprint density at radius 1 is 1.37 bits per heavy atom. The number of carbonyl (C=O) groups is 1. The van der Waals surface area contributed by atoms with Gasteiger partial charge in [0.1, 0.15) is 5.76 Å². The summed E-state index contributed by atoms with van der Waals surface area (Å²) in [5, 5.41) is 12.4. The van der Waals surface area contributed by atoms with Crippen molar-refractivity contribution in [1.82, 2.24) is 15.3 Å². The predicted molar refractivity (Wildman–Crippen MR) is 101 cm³/mol. The second-order valence-corrected chi connectivity index (χ2v) is 7.49. The summed E-state index contributed by atoms with van der Waals surface area (Å²) in [6.45, 7) is 3.81. The topological polar surface area (TPSA) is 91.5 Å². The molecule has 1 aliphatic heterocycles. The molecule has 7 nitrogen and oxygen atoms in total. The fourth-order valence-corrected chi connectivity index (χ4v) is 4.01. The Morgan fingerprint density at radius 3 is 2.89 bits per heavy atom. The largest absolute Gasteiger partial charge is 0.469 e. The van der Waals surface area contributed by atoms with Gasteiger partial charge in [-0.05, 0) is 51.0 Å². The molecule has 2 aliphatic rings. The number of hydrogen-bond donors (Lipinski definition) is 2. The second-order valence-electron chi connectivity index (χ2n) is 7.49. The fourth-order valence-electron chi connectivity index (χ4n) is 4.01. The molecule has 1 aliphatic carbocycles. The Hall–Kier alpha value is -2.41. The summed E-state index contributed by atoms with van der Waals surface area (Å²) < 4.78 is 5.24. The lowest BCUT2D eigenvalue weighted by Crippen LogP contribution is -2.36. The van der Waals surface area contributed by atoms with Crippen molar-refractivity contribution >= 4 is 11.9 Å². The number of carbonyl (C=O) groups excluding carboxylic acids is 1. The van der Waals surface area contributed by atoms with Crippen LogP contribution in [0.15, 0.2) is 22.9 Å². The van der Waals surface area contributed by atoms with Gasteiger partial charge in [0.15, 0.2) is 0 Å². The van der Waals surface area contributed by atoms with Crippen molar-refractivity contribution in [3.8, 4) is 0 Å². The summed E-state index contributed by atoms with van der Waals surface area (Å²) in [5.74, 6) is 1.67. The van der Waals surface area contributed by atoms with E-state index in [1.165, 1.54) is 6.26 Å². The number of aliphatic hydroxyl groups is 1. The standard InChI is InChI=1S/C20H26N4O3/c1-13-15(7-10-27-13)19(26)22-17-3-2-4-18-16(17)11-21-20(23-18)24-8-5-14(12-25)6-9-24/h7,10-11,14,17,25H,2-6,8-9,12H2,1H3,(H,22,26)/t17-/m0/s1. The van der Waals surface area contributed by atoms with Crippen LogP contribution in [0.1, 0.15) is 59.1 Å². The van der Waals surface area contributed by atoms with Gasteiger partial charge < -0.3 is 19.7 Å². The van der Waals surface area contributed by atoms with E-state index in [-0.39, 0.29) is 18.6 Å². The summed E-state index contributed by atoms with van der Waals surface area (Å²) in [5.41, 5.74) is 2.63. The van der Waals surface area contributed by atoms with Gasteiger partial charge in [-0.1, -0.05) is 0 Å². The summed E-state index contributed by atoms with van der Waals surface area (Å²) in [4.78, 5) is 24.1. The van der Waals surface area contributed by atoms with E-state index in [1.54, 1.807) is 13.0 Å². The third-order valence-corrected chi connectivity index (χ3v) is 5.73. The van der Waals surface area contributed by atoms with Crippen LogP contribution in [0.4, 0.5) is 5.95 Å². The minimum absolute atomic E-state index is 0.0651. The lowest BCUT2D eigenvalue weighted by Gasteiger charge is -2.32. The van der Waals surface area contributed by atoms with Gasteiger partial charge in [0.25, 0.3) is 5.91 Å². The number of fused-ring (bicyclic) bond motifs is 1. The summed E-state index contributed by atoms with van der Waals surface area (Å²) in [6.07, 6.45) is 8.15. The molecule has 2 aromatic heterocycles. The molecule has 1 fully saturated rings. The van der Waals surface area contributed by atoms with Gasteiger partial charge in [-0.2, -0.15) is 0 Å². The van der Waals surface area contributed by atoms with Gasteiger partial charge in [0, 0.05) is 31.5 Å². The van der Waals surface area contributed by atoms with E-state index >= 15 is 0 Å². The molecule has 27 heavy (non-hydrogen) atoms. The van der Waals surface area contributed by atoms with Crippen LogP contribution in [-0.4, -0.2) is 40.7 Å². The molecule has 1 atom stereocenters. The Kier molecular flexibility index (Phi) is 5.11. The van der Waals surface area contributed by atoms with Crippen molar-refractivity contribution in [2.24, 2.45) is 5.92 Å². The third kappa shape index (κ3) is 3.69. The van der Waals surface area contributed by atoms with Crippen LogP contribution in [0, 0.1) is 12.8 Å². The average molecular weight is 370 g/mol. The number of furan rings is 1. The lowest BCUT2D eigenvalue weighted by atomic mass is 9.92. The maximum Gasteiger partial charge on any atom is 0.255 e. The minimum atomic E-state index is -0.116. The molecule has 0 aromatic carbocycles. The summed E-state index contributed by atoms with van der Waals surface area (Å²) in [7, 11) is 0. The van der Waals surface area contributed by atoms with Gasteiger partial charge in [0.2, 0.25) is 5.95 Å². The number of nitrogens with zero attached hydrogens (tertiary/aromatic N) is 3. The predicted octanol–water partition coefficient (Wildman–Crippen LogP) is 2.39. The molecule has 2 aromatic rings. The van der Waals surface area contributed by atoms with Crippen molar-refractivity contribution in [2.45, 2.75) is 45.1 Å². The highest BCUT2D eigenvalue weighted by Gasteiger charge is 2.27. The normalized spacial score (nSPS) is 20.4. The van der Waals surface area contributed by atoms with Crippen molar-refractivity contribution in [1.29, 1.82) is 0 Å². The minimum Gasteiger partial charge on any atom is -0.469 e. The molecule has 0 bridgehead atoms. The summed E-state index contributed by atoms with van der Waals surface area (Å²) in [6, 6.07) is 1.63. The zero-order chi connectivity index (χ0) is 18.8. The van der Waals surface area contributed by atoms with Crippen LogP contribution < -0.4 is 10.2 Å². The van der Waals surface area contributed by atoms with E-state index in [1.807, 2.05) is 6.20 Å². The molecular weight excluding hydrogens is 344 g/mol. The number of amides is 1. The molecule has 0 spiro atoms. The van der Waals surface area contributed by atoms with E-state index < -0.39 is 0 Å². The first kappa shape index (κ1) is 18.0. The second kappa shape index (κ2) is 7.68. The van der Waals surface area contributed by atoms with Crippen LogP contribution >= 0.6 is 0 Å². The van der Waals surface area contributed by atoms with E-state index in [9.17, 15) is 9.90 Å². The SMILES string of the molecule is Cc1occc1C(=O)N[C@H]1CCCc2nc(N3CCC(CO)CC3)ncc21. The number of aliphatic hydroxyl groups excluding tert-OH is 1.